The Labute approximate surface area is 116 Å². The van der Waals surface area contributed by atoms with E-state index in [9.17, 15) is 0 Å². The lowest BCUT2D eigenvalue weighted by atomic mass is 10.1. The molecule has 2 aromatic rings. The summed E-state index contributed by atoms with van der Waals surface area (Å²) in [6.07, 6.45) is 1.71. The minimum absolute atomic E-state index is 0.0990. The van der Waals surface area contributed by atoms with Crippen LogP contribution in [0.25, 0.3) is 0 Å². The van der Waals surface area contributed by atoms with Crippen LogP contribution in [-0.2, 0) is 6.54 Å². The SMILES string of the molecule is Cc1cnc(CNC(C)c2ccc(Cl)cc2Cl)o1. The van der Waals surface area contributed by atoms with Crippen molar-refractivity contribution in [2.24, 2.45) is 0 Å². The van der Waals surface area contributed by atoms with Gasteiger partial charge in [0.05, 0.1) is 12.7 Å². The van der Waals surface area contributed by atoms with Gasteiger partial charge in [-0.05, 0) is 31.5 Å². The Hall–Kier alpha value is -1.03. The number of nitrogens with one attached hydrogen (secondary N) is 1. The maximum Gasteiger partial charge on any atom is 0.208 e. The summed E-state index contributed by atoms with van der Waals surface area (Å²) in [5, 5.41) is 4.60. The van der Waals surface area contributed by atoms with E-state index >= 15 is 0 Å². The zero-order chi connectivity index (χ0) is 13.1. The zero-order valence-electron chi connectivity index (χ0n) is 10.2. The van der Waals surface area contributed by atoms with E-state index in [1.807, 2.05) is 26.0 Å². The highest BCUT2D eigenvalue weighted by Crippen LogP contribution is 2.26. The van der Waals surface area contributed by atoms with E-state index in [0.29, 0.717) is 22.5 Å². The van der Waals surface area contributed by atoms with Gasteiger partial charge in [-0.1, -0.05) is 29.3 Å². The fourth-order valence-electron chi connectivity index (χ4n) is 1.69. The van der Waals surface area contributed by atoms with Crippen molar-refractivity contribution in [3.63, 3.8) is 0 Å². The number of rotatable bonds is 4. The van der Waals surface area contributed by atoms with Crippen LogP contribution in [0.15, 0.2) is 28.8 Å². The van der Waals surface area contributed by atoms with Crippen molar-refractivity contribution < 1.29 is 4.42 Å². The summed E-state index contributed by atoms with van der Waals surface area (Å²) in [7, 11) is 0. The first-order valence-corrected chi connectivity index (χ1v) is 6.41. The molecule has 96 valence electrons. The standard InChI is InChI=1S/C13H14Cl2N2O/c1-8-6-17-13(18-8)7-16-9(2)11-4-3-10(14)5-12(11)15/h3-6,9,16H,7H2,1-2H3. The molecule has 1 atom stereocenters. The normalized spacial score (nSPS) is 12.7. The van der Waals surface area contributed by atoms with E-state index < -0.39 is 0 Å². The smallest absolute Gasteiger partial charge is 0.208 e. The van der Waals surface area contributed by atoms with Gasteiger partial charge in [-0.15, -0.1) is 0 Å². The highest BCUT2D eigenvalue weighted by atomic mass is 35.5. The fourth-order valence-corrected chi connectivity index (χ4v) is 2.26. The van der Waals surface area contributed by atoms with Crippen molar-refractivity contribution in [1.29, 1.82) is 0 Å². The molecule has 3 nitrogen and oxygen atoms in total. The number of halogens is 2. The molecule has 0 radical (unpaired) electrons. The predicted molar refractivity (Wildman–Crippen MR) is 73.0 cm³/mol. The van der Waals surface area contributed by atoms with Crippen LogP contribution >= 0.6 is 23.2 Å². The van der Waals surface area contributed by atoms with Crippen LogP contribution in [0, 0.1) is 6.92 Å². The lowest BCUT2D eigenvalue weighted by Gasteiger charge is -2.14. The molecule has 18 heavy (non-hydrogen) atoms. The minimum Gasteiger partial charge on any atom is -0.445 e. The Morgan fingerprint density at radius 1 is 1.39 bits per heavy atom. The molecule has 0 amide bonds. The average molecular weight is 285 g/mol. The van der Waals surface area contributed by atoms with Gasteiger partial charge in [0.25, 0.3) is 0 Å². The Balaban J connectivity index is 2.01. The molecule has 2 rings (SSSR count). The van der Waals surface area contributed by atoms with Crippen molar-refractivity contribution in [3.05, 3.63) is 51.7 Å². The molecule has 0 fully saturated rings. The minimum atomic E-state index is 0.0990. The van der Waals surface area contributed by atoms with Gasteiger partial charge >= 0.3 is 0 Å². The van der Waals surface area contributed by atoms with Gasteiger partial charge in [0, 0.05) is 16.1 Å². The van der Waals surface area contributed by atoms with Crippen LogP contribution in [-0.4, -0.2) is 4.98 Å². The summed E-state index contributed by atoms with van der Waals surface area (Å²) in [6, 6.07) is 5.59. The van der Waals surface area contributed by atoms with Crippen LogP contribution in [0.2, 0.25) is 10.0 Å². The number of aryl methyl sites for hydroxylation is 1. The van der Waals surface area contributed by atoms with E-state index in [1.54, 1.807) is 12.3 Å². The van der Waals surface area contributed by atoms with E-state index in [2.05, 4.69) is 10.3 Å². The molecular formula is C13H14Cl2N2O. The van der Waals surface area contributed by atoms with E-state index in [4.69, 9.17) is 27.6 Å². The van der Waals surface area contributed by atoms with Crippen molar-refractivity contribution in [1.82, 2.24) is 10.3 Å². The molecule has 1 aromatic heterocycles. The van der Waals surface area contributed by atoms with Gasteiger partial charge in [-0.25, -0.2) is 4.98 Å². The molecule has 0 bridgehead atoms. The number of oxazole rings is 1. The second-order valence-electron chi connectivity index (χ2n) is 4.13. The molecule has 0 aliphatic rings. The number of aromatic nitrogens is 1. The van der Waals surface area contributed by atoms with Gasteiger partial charge in [-0.3, -0.25) is 0 Å². The Morgan fingerprint density at radius 2 is 2.17 bits per heavy atom. The second-order valence-corrected chi connectivity index (χ2v) is 4.98. The first-order valence-electron chi connectivity index (χ1n) is 5.66. The van der Waals surface area contributed by atoms with Gasteiger partial charge in [-0.2, -0.15) is 0 Å². The third-order valence-corrected chi connectivity index (χ3v) is 3.22. The summed E-state index contributed by atoms with van der Waals surface area (Å²) in [5.74, 6) is 1.48. The maximum absolute atomic E-state index is 6.15. The van der Waals surface area contributed by atoms with Crippen molar-refractivity contribution in [2.45, 2.75) is 26.4 Å². The van der Waals surface area contributed by atoms with E-state index in [-0.39, 0.29) is 6.04 Å². The molecule has 1 heterocycles. The highest BCUT2D eigenvalue weighted by Gasteiger charge is 2.10. The largest absolute Gasteiger partial charge is 0.445 e. The fraction of sp³-hybridized carbons (Fsp3) is 0.308. The van der Waals surface area contributed by atoms with Gasteiger partial charge in [0.15, 0.2) is 0 Å². The molecule has 0 spiro atoms. The zero-order valence-corrected chi connectivity index (χ0v) is 11.7. The molecule has 0 aliphatic heterocycles. The van der Waals surface area contributed by atoms with Crippen LogP contribution in [0.1, 0.15) is 30.2 Å². The summed E-state index contributed by atoms with van der Waals surface area (Å²) < 4.78 is 5.39. The van der Waals surface area contributed by atoms with E-state index in [1.165, 1.54) is 0 Å². The average Bonchev–Trinajstić information content (AvgIpc) is 2.72. The third kappa shape index (κ3) is 3.25. The Bertz CT molecular complexity index is 540. The molecule has 1 aromatic carbocycles. The number of hydrogen-bond acceptors (Lipinski definition) is 3. The van der Waals surface area contributed by atoms with Crippen LogP contribution in [0.3, 0.4) is 0 Å². The number of benzene rings is 1. The van der Waals surface area contributed by atoms with Gasteiger partial charge < -0.3 is 9.73 Å². The van der Waals surface area contributed by atoms with Crippen LogP contribution < -0.4 is 5.32 Å². The summed E-state index contributed by atoms with van der Waals surface area (Å²) in [4.78, 5) is 4.13. The highest BCUT2D eigenvalue weighted by molar-refractivity contribution is 6.35. The topological polar surface area (TPSA) is 38.1 Å². The molecule has 1 unspecified atom stereocenters. The molecule has 0 aliphatic carbocycles. The van der Waals surface area contributed by atoms with Crippen LogP contribution in [0.4, 0.5) is 0 Å². The predicted octanol–water partition coefficient (Wildman–Crippen LogP) is 4.14. The summed E-state index contributed by atoms with van der Waals surface area (Å²) in [6.45, 7) is 4.47. The van der Waals surface area contributed by atoms with Crippen molar-refractivity contribution in [3.8, 4) is 0 Å². The molecule has 0 saturated carbocycles. The quantitative estimate of drug-likeness (QED) is 0.917. The lowest BCUT2D eigenvalue weighted by molar-refractivity contribution is 0.432. The summed E-state index contributed by atoms with van der Waals surface area (Å²) >= 11 is 12.0. The molecule has 1 N–H and O–H groups in total. The second kappa shape index (κ2) is 5.74. The first kappa shape index (κ1) is 13.4. The van der Waals surface area contributed by atoms with Crippen LogP contribution in [0.5, 0.6) is 0 Å². The molecular weight excluding hydrogens is 271 g/mol. The monoisotopic (exact) mass is 284 g/mol. The molecule has 0 saturated heterocycles. The van der Waals surface area contributed by atoms with Crippen molar-refractivity contribution in [2.75, 3.05) is 0 Å². The van der Waals surface area contributed by atoms with E-state index in [0.717, 1.165) is 11.3 Å². The summed E-state index contributed by atoms with van der Waals surface area (Å²) in [5.41, 5.74) is 1.00. The number of nitrogens with zero attached hydrogens (tertiary/aromatic N) is 1. The third-order valence-electron chi connectivity index (χ3n) is 2.66. The van der Waals surface area contributed by atoms with Crippen molar-refractivity contribution >= 4 is 23.2 Å². The maximum atomic E-state index is 6.15. The lowest BCUT2D eigenvalue weighted by Crippen LogP contribution is -2.18. The Morgan fingerprint density at radius 3 is 2.78 bits per heavy atom. The van der Waals surface area contributed by atoms with Gasteiger partial charge in [0.1, 0.15) is 5.76 Å². The number of hydrogen-bond donors (Lipinski definition) is 1. The van der Waals surface area contributed by atoms with Gasteiger partial charge in [0.2, 0.25) is 5.89 Å². The molecule has 5 heteroatoms. The Kier molecular flexibility index (Phi) is 4.27. The first-order chi connectivity index (χ1) is 8.56.